The molecule has 0 spiro atoms. The Morgan fingerprint density at radius 1 is 1.40 bits per heavy atom. The van der Waals surface area contributed by atoms with Gasteiger partial charge in [-0.1, -0.05) is 0 Å². The van der Waals surface area contributed by atoms with Crippen LogP contribution in [-0.4, -0.2) is 33.8 Å². The van der Waals surface area contributed by atoms with Crippen molar-refractivity contribution >= 4 is 28.3 Å². The Hall–Kier alpha value is -2.25. The zero-order valence-corrected chi connectivity index (χ0v) is 15.6. The molecule has 132 valence electrons. The molecule has 0 aliphatic rings. The summed E-state index contributed by atoms with van der Waals surface area (Å²) in [5.41, 5.74) is 7.66. The summed E-state index contributed by atoms with van der Waals surface area (Å²) >= 11 is 1.67. The van der Waals surface area contributed by atoms with E-state index in [0.29, 0.717) is 18.7 Å². The van der Waals surface area contributed by atoms with Crippen LogP contribution in [0.1, 0.15) is 41.5 Å². The van der Waals surface area contributed by atoms with Gasteiger partial charge in [-0.05, 0) is 51.9 Å². The van der Waals surface area contributed by atoms with Gasteiger partial charge < -0.3 is 11.1 Å². The van der Waals surface area contributed by atoms with Gasteiger partial charge in [-0.15, -0.1) is 11.3 Å². The van der Waals surface area contributed by atoms with Gasteiger partial charge in [-0.2, -0.15) is 5.10 Å². The van der Waals surface area contributed by atoms with Gasteiger partial charge >= 0.3 is 0 Å². The van der Waals surface area contributed by atoms with Crippen molar-refractivity contribution in [3.8, 4) is 10.6 Å². The fraction of sp³-hybridized carbons (Fsp3) is 0.389. The van der Waals surface area contributed by atoms with Gasteiger partial charge in [-0.3, -0.25) is 4.79 Å². The molecule has 25 heavy (non-hydrogen) atoms. The Bertz CT molecular complexity index is 896. The van der Waals surface area contributed by atoms with Crippen LogP contribution in [0.3, 0.4) is 0 Å². The van der Waals surface area contributed by atoms with Crippen molar-refractivity contribution in [1.82, 2.24) is 20.1 Å². The van der Waals surface area contributed by atoms with Crippen LogP contribution in [0.25, 0.3) is 21.6 Å². The van der Waals surface area contributed by atoms with Crippen LogP contribution < -0.4 is 11.1 Å². The second kappa shape index (κ2) is 7.33. The summed E-state index contributed by atoms with van der Waals surface area (Å²) in [5.74, 6) is -0.112. The van der Waals surface area contributed by atoms with Crippen LogP contribution in [0.2, 0.25) is 0 Å². The van der Waals surface area contributed by atoms with E-state index < -0.39 is 0 Å². The van der Waals surface area contributed by atoms with E-state index >= 15 is 0 Å². The molecule has 0 saturated carbocycles. The van der Waals surface area contributed by atoms with E-state index in [1.54, 1.807) is 17.5 Å². The van der Waals surface area contributed by atoms with E-state index in [9.17, 15) is 4.79 Å². The Labute approximate surface area is 151 Å². The highest BCUT2D eigenvalue weighted by Gasteiger charge is 2.18. The Kier molecular flexibility index (Phi) is 5.15. The minimum Gasteiger partial charge on any atom is -0.352 e. The summed E-state index contributed by atoms with van der Waals surface area (Å²) in [4.78, 5) is 19.7. The number of nitrogens with zero attached hydrogens (tertiary/aromatic N) is 3. The van der Waals surface area contributed by atoms with E-state index in [1.165, 1.54) is 4.88 Å². The van der Waals surface area contributed by atoms with E-state index in [2.05, 4.69) is 37.3 Å². The first-order chi connectivity index (χ1) is 12.0. The molecule has 0 aliphatic heterocycles. The van der Waals surface area contributed by atoms with Crippen molar-refractivity contribution in [3.63, 3.8) is 0 Å². The molecular formula is C18H23N5OS. The molecule has 0 aromatic carbocycles. The number of fused-ring (bicyclic) bond motifs is 1. The molecule has 3 aromatic heterocycles. The quantitative estimate of drug-likeness (QED) is 0.664. The lowest BCUT2D eigenvalue weighted by Crippen LogP contribution is -2.26. The fourth-order valence-electron chi connectivity index (χ4n) is 2.68. The lowest BCUT2D eigenvalue weighted by Gasteiger charge is -2.10. The number of carbonyl (C=O) groups is 1. The van der Waals surface area contributed by atoms with Crippen molar-refractivity contribution < 1.29 is 4.79 Å². The third-order valence-corrected chi connectivity index (χ3v) is 4.98. The van der Waals surface area contributed by atoms with Crippen molar-refractivity contribution in [3.05, 3.63) is 34.8 Å². The van der Waals surface area contributed by atoms with Gasteiger partial charge in [0.1, 0.15) is 0 Å². The summed E-state index contributed by atoms with van der Waals surface area (Å²) in [6.45, 7) is 7.28. The van der Waals surface area contributed by atoms with Gasteiger partial charge in [0.2, 0.25) is 0 Å². The molecule has 3 aromatic rings. The third kappa shape index (κ3) is 3.57. The number of thiophene rings is 1. The Morgan fingerprint density at radius 3 is 2.84 bits per heavy atom. The fourth-order valence-corrected chi connectivity index (χ4v) is 3.51. The Balaban J connectivity index is 2.11. The summed E-state index contributed by atoms with van der Waals surface area (Å²) in [7, 11) is 0. The average molecular weight is 357 g/mol. The lowest BCUT2D eigenvalue weighted by molar-refractivity contribution is 0.0955. The molecule has 1 amide bonds. The molecule has 0 bridgehead atoms. The number of hydrogen-bond donors (Lipinski definition) is 2. The number of amides is 1. The van der Waals surface area contributed by atoms with Gasteiger partial charge in [0.05, 0.1) is 27.7 Å². The van der Waals surface area contributed by atoms with Gasteiger partial charge in [0.15, 0.2) is 5.65 Å². The maximum atomic E-state index is 12.7. The smallest absolute Gasteiger partial charge is 0.252 e. The highest BCUT2D eigenvalue weighted by molar-refractivity contribution is 7.15. The number of carbonyl (C=O) groups excluding carboxylic acids is 1. The SMILES string of the molecule is Cc1ccc(-c2cc(C(=O)NCCCN)c3cnn(C(C)C)c3n2)s1. The highest BCUT2D eigenvalue weighted by atomic mass is 32.1. The molecule has 0 unspecified atom stereocenters. The molecule has 0 fully saturated rings. The molecule has 3 heterocycles. The number of nitrogens with two attached hydrogens (primary N) is 1. The maximum absolute atomic E-state index is 12.7. The first kappa shape index (κ1) is 17.6. The topological polar surface area (TPSA) is 85.8 Å². The predicted octanol–water partition coefficient (Wildman–Crippen LogP) is 3.13. The van der Waals surface area contributed by atoms with Crippen LogP contribution in [0, 0.1) is 6.92 Å². The first-order valence-corrected chi connectivity index (χ1v) is 9.26. The third-order valence-electron chi connectivity index (χ3n) is 3.96. The average Bonchev–Trinajstić information content (AvgIpc) is 3.20. The molecule has 0 saturated heterocycles. The minimum atomic E-state index is -0.112. The van der Waals surface area contributed by atoms with Gasteiger partial charge in [-0.25, -0.2) is 9.67 Å². The van der Waals surface area contributed by atoms with Crippen molar-refractivity contribution in [2.24, 2.45) is 5.73 Å². The van der Waals surface area contributed by atoms with Gasteiger partial charge in [0, 0.05) is 17.5 Å². The normalized spacial score (nSPS) is 11.4. The summed E-state index contributed by atoms with van der Waals surface area (Å²) in [6, 6.07) is 6.13. The number of hydrogen-bond acceptors (Lipinski definition) is 5. The van der Waals surface area contributed by atoms with E-state index in [-0.39, 0.29) is 11.9 Å². The number of rotatable bonds is 6. The highest BCUT2D eigenvalue weighted by Crippen LogP contribution is 2.30. The largest absolute Gasteiger partial charge is 0.352 e. The molecule has 6 nitrogen and oxygen atoms in total. The number of pyridine rings is 1. The van der Waals surface area contributed by atoms with E-state index in [4.69, 9.17) is 10.7 Å². The van der Waals surface area contributed by atoms with Crippen molar-refractivity contribution in [1.29, 1.82) is 0 Å². The zero-order chi connectivity index (χ0) is 18.0. The van der Waals surface area contributed by atoms with Gasteiger partial charge in [0.25, 0.3) is 5.91 Å². The molecule has 0 radical (unpaired) electrons. The van der Waals surface area contributed by atoms with Crippen LogP contribution in [0.4, 0.5) is 0 Å². The molecule has 7 heteroatoms. The van der Waals surface area contributed by atoms with Crippen molar-refractivity contribution in [2.75, 3.05) is 13.1 Å². The summed E-state index contributed by atoms with van der Waals surface area (Å²) < 4.78 is 1.86. The van der Waals surface area contributed by atoms with E-state index in [1.807, 2.05) is 16.8 Å². The monoisotopic (exact) mass is 357 g/mol. The zero-order valence-electron chi connectivity index (χ0n) is 14.7. The van der Waals surface area contributed by atoms with E-state index in [0.717, 1.165) is 28.0 Å². The second-order valence-corrected chi connectivity index (χ2v) is 7.57. The van der Waals surface area contributed by atoms with Crippen molar-refractivity contribution in [2.45, 2.75) is 33.2 Å². The molecule has 0 atom stereocenters. The summed E-state index contributed by atoms with van der Waals surface area (Å²) in [6.07, 6.45) is 2.48. The molecular weight excluding hydrogens is 334 g/mol. The number of aryl methyl sites for hydroxylation is 1. The molecule has 3 N–H and O–H groups in total. The maximum Gasteiger partial charge on any atom is 0.252 e. The molecule has 3 rings (SSSR count). The summed E-state index contributed by atoms with van der Waals surface area (Å²) in [5, 5.41) is 8.14. The minimum absolute atomic E-state index is 0.112. The van der Waals surface area contributed by atoms with Crippen LogP contribution >= 0.6 is 11.3 Å². The second-order valence-electron chi connectivity index (χ2n) is 6.28. The van der Waals surface area contributed by atoms with Crippen LogP contribution in [0.5, 0.6) is 0 Å². The van der Waals surface area contributed by atoms with Crippen LogP contribution in [-0.2, 0) is 0 Å². The Morgan fingerprint density at radius 2 is 2.20 bits per heavy atom. The molecule has 0 aliphatic carbocycles. The number of nitrogens with one attached hydrogen (secondary N) is 1. The first-order valence-electron chi connectivity index (χ1n) is 8.44. The standard InChI is InChI=1S/C18H23N5OS/c1-11(2)23-17-14(10-21-23)13(18(24)20-8-4-7-19)9-15(22-17)16-6-5-12(3)25-16/h5-6,9-11H,4,7-8,19H2,1-3H3,(H,20,24). The van der Waals surface area contributed by atoms with Crippen LogP contribution in [0.15, 0.2) is 24.4 Å². The predicted molar refractivity (Wildman–Crippen MR) is 102 cm³/mol. The number of aromatic nitrogens is 3. The lowest BCUT2D eigenvalue weighted by atomic mass is 10.1.